The Kier molecular flexibility index (Phi) is 8.21. The number of pyridine rings is 1. The van der Waals surface area contributed by atoms with Crippen LogP contribution in [0, 0.1) is 6.92 Å². The van der Waals surface area contributed by atoms with Gasteiger partial charge in [0.15, 0.2) is 11.5 Å². The molecule has 0 unspecified atom stereocenters. The van der Waals surface area contributed by atoms with Crippen molar-refractivity contribution in [2.75, 3.05) is 36.4 Å². The molecule has 44 heavy (non-hydrogen) atoms. The summed E-state index contributed by atoms with van der Waals surface area (Å²) < 4.78 is 8.65. The third-order valence-electron chi connectivity index (χ3n) is 7.28. The standard InChI is InChI=1S/C32H40N8O4/c1-8-14-39-28(41)23-20-33-29(36-27(23)40(39)26-11-9-10-25(35-26)32(6,7)43)34-22-12-13-24(21(2)19-22)37-15-17-38(18-16-37)30(42)44-31(3,4)5/h8-13,19-20,43H,1,14-18H2,2-7H3,(H,33,34,36). The first-order chi connectivity index (χ1) is 20.7. The molecule has 4 heterocycles. The molecule has 1 aliphatic heterocycles. The number of hydrogen-bond donors (Lipinski definition) is 2. The fourth-order valence-electron chi connectivity index (χ4n) is 5.16. The van der Waals surface area contributed by atoms with Gasteiger partial charge in [0, 0.05) is 43.8 Å². The van der Waals surface area contributed by atoms with Crippen LogP contribution >= 0.6 is 0 Å². The van der Waals surface area contributed by atoms with Crippen LogP contribution in [-0.2, 0) is 16.9 Å². The second kappa shape index (κ2) is 11.8. The number of nitrogens with one attached hydrogen (secondary N) is 1. The van der Waals surface area contributed by atoms with Crippen molar-refractivity contribution in [3.63, 3.8) is 0 Å². The fraction of sp³-hybridized carbons (Fsp3) is 0.406. The maximum absolute atomic E-state index is 13.3. The summed E-state index contributed by atoms with van der Waals surface area (Å²) in [6.45, 7) is 17.6. The minimum Gasteiger partial charge on any atom is -0.444 e. The normalized spacial score (nSPS) is 14.2. The molecular formula is C32H40N8O4. The molecule has 1 saturated heterocycles. The van der Waals surface area contributed by atoms with Gasteiger partial charge in [-0.1, -0.05) is 12.1 Å². The number of carbonyl (C=O) groups is 1. The molecule has 232 valence electrons. The highest BCUT2D eigenvalue weighted by atomic mass is 16.6. The van der Waals surface area contributed by atoms with Crippen molar-refractivity contribution in [3.05, 3.63) is 76.9 Å². The van der Waals surface area contributed by atoms with E-state index in [0.29, 0.717) is 54.7 Å². The number of allylic oxidation sites excluding steroid dienone is 1. The highest BCUT2D eigenvalue weighted by molar-refractivity contribution is 5.77. The third-order valence-corrected chi connectivity index (χ3v) is 7.28. The Hall–Kier alpha value is -4.71. The van der Waals surface area contributed by atoms with Gasteiger partial charge in [0.2, 0.25) is 5.95 Å². The lowest BCUT2D eigenvalue weighted by molar-refractivity contribution is 0.0240. The Morgan fingerprint density at radius 3 is 2.45 bits per heavy atom. The minimum absolute atomic E-state index is 0.235. The molecule has 0 spiro atoms. The molecule has 0 bridgehead atoms. The fourth-order valence-corrected chi connectivity index (χ4v) is 5.16. The molecule has 5 rings (SSSR count). The number of aromatic nitrogens is 5. The second-order valence-electron chi connectivity index (χ2n) is 12.4. The van der Waals surface area contributed by atoms with Gasteiger partial charge in [0.1, 0.15) is 16.6 Å². The number of hydrogen-bond acceptors (Lipinski definition) is 9. The molecule has 0 radical (unpaired) electrons. The first kappa shape index (κ1) is 30.7. The SMILES string of the molecule is C=CCn1c(=O)c2cnc(Nc3ccc(N4CCN(C(=O)OC(C)(C)C)CC4)c(C)c3)nc2n1-c1cccc(C(C)(C)O)n1. The van der Waals surface area contributed by atoms with Gasteiger partial charge in [0.05, 0.1) is 12.2 Å². The largest absolute Gasteiger partial charge is 0.444 e. The molecule has 2 N–H and O–H groups in total. The van der Waals surface area contributed by atoms with Gasteiger partial charge in [-0.05, 0) is 77.4 Å². The van der Waals surface area contributed by atoms with Gasteiger partial charge in [-0.3, -0.25) is 4.79 Å². The lowest BCUT2D eigenvalue weighted by Gasteiger charge is -2.37. The van der Waals surface area contributed by atoms with Crippen molar-refractivity contribution >= 4 is 34.4 Å². The van der Waals surface area contributed by atoms with Crippen LogP contribution in [0.15, 0.2) is 60.0 Å². The van der Waals surface area contributed by atoms with Crippen molar-refractivity contribution in [1.82, 2.24) is 29.2 Å². The number of anilines is 3. The highest BCUT2D eigenvalue weighted by Crippen LogP contribution is 2.27. The van der Waals surface area contributed by atoms with Crippen LogP contribution in [0.3, 0.4) is 0 Å². The number of benzene rings is 1. The molecule has 12 nitrogen and oxygen atoms in total. The summed E-state index contributed by atoms with van der Waals surface area (Å²) in [5.41, 5.74) is 1.82. The molecule has 12 heteroatoms. The molecule has 0 saturated carbocycles. The van der Waals surface area contributed by atoms with E-state index in [1.165, 1.54) is 10.9 Å². The summed E-state index contributed by atoms with van der Waals surface area (Å²) in [6.07, 6.45) is 2.86. The van der Waals surface area contributed by atoms with Crippen LogP contribution in [0.25, 0.3) is 16.9 Å². The first-order valence-electron chi connectivity index (χ1n) is 14.7. The van der Waals surface area contributed by atoms with Gasteiger partial charge in [-0.2, -0.15) is 4.98 Å². The topological polar surface area (TPSA) is 131 Å². The van der Waals surface area contributed by atoms with Crippen molar-refractivity contribution in [1.29, 1.82) is 0 Å². The van der Waals surface area contributed by atoms with E-state index in [9.17, 15) is 14.7 Å². The zero-order valence-corrected chi connectivity index (χ0v) is 26.2. The summed E-state index contributed by atoms with van der Waals surface area (Å²) >= 11 is 0. The number of aryl methyl sites for hydroxylation is 1. The van der Waals surface area contributed by atoms with Gasteiger partial charge in [-0.25, -0.2) is 24.1 Å². The van der Waals surface area contributed by atoms with Gasteiger partial charge in [0.25, 0.3) is 5.56 Å². The van der Waals surface area contributed by atoms with Crippen LogP contribution in [0.2, 0.25) is 0 Å². The second-order valence-corrected chi connectivity index (χ2v) is 12.4. The summed E-state index contributed by atoms with van der Waals surface area (Å²) in [5.74, 6) is 0.758. The van der Waals surface area contributed by atoms with E-state index in [0.717, 1.165) is 16.9 Å². The van der Waals surface area contributed by atoms with Gasteiger partial charge < -0.3 is 25.0 Å². The number of rotatable bonds is 7. The van der Waals surface area contributed by atoms with E-state index in [1.807, 2.05) is 45.9 Å². The molecule has 1 amide bonds. The van der Waals surface area contributed by atoms with E-state index in [-0.39, 0.29) is 18.2 Å². The smallest absolute Gasteiger partial charge is 0.410 e. The Bertz CT molecular complexity index is 1750. The number of carbonyl (C=O) groups excluding carboxylic acids is 1. The summed E-state index contributed by atoms with van der Waals surface area (Å²) in [7, 11) is 0. The predicted molar refractivity (Wildman–Crippen MR) is 171 cm³/mol. The minimum atomic E-state index is -1.17. The van der Waals surface area contributed by atoms with Gasteiger partial charge >= 0.3 is 6.09 Å². The summed E-state index contributed by atoms with van der Waals surface area (Å²) in [6, 6.07) is 11.3. The third kappa shape index (κ3) is 6.45. The Morgan fingerprint density at radius 2 is 1.82 bits per heavy atom. The van der Waals surface area contributed by atoms with Crippen LogP contribution in [0.1, 0.15) is 45.9 Å². The molecule has 0 aliphatic carbocycles. The number of piperazine rings is 1. The summed E-state index contributed by atoms with van der Waals surface area (Å²) in [5, 5.41) is 14.1. The number of amides is 1. The maximum atomic E-state index is 13.3. The first-order valence-corrected chi connectivity index (χ1v) is 14.7. The van der Waals surface area contributed by atoms with Crippen molar-refractivity contribution in [2.45, 2.75) is 59.3 Å². The quantitative estimate of drug-likeness (QED) is 0.295. The Labute approximate surface area is 256 Å². The molecule has 3 aromatic heterocycles. The van der Waals surface area contributed by atoms with Crippen LogP contribution < -0.4 is 15.8 Å². The van der Waals surface area contributed by atoms with Crippen LogP contribution in [0.5, 0.6) is 0 Å². The molecule has 4 aromatic rings. The van der Waals surface area contributed by atoms with E-state index in [1.54, 1.807) is 47.7 Å². The number of aliphatic hydroxyl groups is 1. The van der Waals surface area contributed by atoms with E-state index in [2.05, 4.69) is 26.8 Å². The molecule has 1 aromatic carbocycles. The van der Waals surface area contributed by atoms with Crippen molar-refractivity contribution < 1.29 is 14.6 Å². The monoisotopic (exact) mass is 600 g/mol. The zero-order valence-electron chi connectivity index (χ0n) is 26.2. The Balaban J connectivity index is 1.39. The zero-order chi connectivity index (χ0) is 31.8. The van der Waals surface area contributed by atoms with E-state index >= 15 is 0 Å². The number of nitrogens with zero attached hydrogens (tertiary/aromatic N) is 7. The number of fused-ring (bicyclic) bond motifs is 1. The molecule has 1 aliphatic rings. The van der Waals surface area contributed by atoms with Crippen LogP contribution in [-0.4, -0.2) is 72.2 Å². The lowest BCUT2D eigenvalue weighted by atomic mass is 10.1. The summed E-state index contributed by atoms with van der Waals surface area (Å²) in [4.78, 5) is 43.5. The maximum Gasteiger partial charge on any atom is 0.410 e. The van der Waals surface area contributed by atoms with Crippen LogP contribution in [0.4, 0.5) is 22.1 Å². The molecule has 1 fully saturated rings. The predicted octanol–water partition coefficient (Wildman–Crippen LogP) is 4.50. The lowest BCUT2D eigenvalue weighted by Crippen LogP contribution is -2.50. The van der Waals surface area contributed by atoms with E-state index in [4.69, 9.17) is 9.72 Å². The highest BCUT2D eigenvalue weighted by Gasteiger charge is 2.27. The van der Waals surface area contributed by atoms with Crippen molar-refractivity contribution in [2.24, 2.45) is 0 Å². The number of ether oxygens (including phenoxy) is 1. The molecular weight excluding hydrogens is 560 g/mol. The van der Waals surface area contributed by atoms with Crippen molar-refractivity contribution in [3.8, 4) is 5.82 Å². The van der Waals surface area contributed by atoms with Gasteiger partial charge in [-0.15, -0.1) is 6.58 Å². The Morgan fingerprint density at radius 1 is 1.09 bits per heavy atom. The average molecular weight is 601 g/mol. The molecule has 0 atom stereocenters. The average Bonchev–Trinajstić information content (AvgIpc) is 3.22. The van der Waals surface area contributed by atoms with E-state index < -0.39 is 11.2 Å².